The predicted octanol–water partition coefficient (Wildman–Crippen LogP) is 2.19. The molecule has 1 atom stereocenters. The van der Waals surface area contributed by atoms with Crippen molar-refractivity contribution in [3.63, 3.8) is 0 Å². The molecule has 1 aliphatic heterocycles. The molecule has 5 heterocycles. The molecule has 44 heavy (non-hydrogen) atoms. The number of halogens is 1. The van der Waals surface area contributed by atoms with E-state index in [0.29, 0.717) is 25.2 Å². The summed E-state index contributed by atoms with van der Waals surface area (Å²) in [6, 6.07) is 2.64. The van der Waals surface area contributed by atoms with Crippen LogP contribution in [0.1, 0.15) is 37.7 Å². The summed E-state index contributed by atoms with van der Waals surface area (Å²) < 4.78 is 44.7. The molecule has 0 aromatic carbocycles. The third-order valence-electron chi connectivity index (χ3n) is 8.42. The van der Waals surface area contributed by atoms with E-state index in [4.69, 9.17) is 5.73 Å². The van der Waals surface area contributed by atoms with Crippen LogP contribution in [0.25, 0.3) is 28.1 Å². The van der Waals surface area contributed by atoms with Crippen molar-refractivity contribution in [3.05, 3.63) is 59.0 Å². The van der Waals surface area contributed by atoms with Gasteiger partial charge >= 0.3 is 5.69 Å². The van der Waals surface area contributed by atoms with Crippen LogP contribution in [0.3, 0.4) is 0 Å². The second-order valence-corrected chi connectivity index (χ2v) is 13.2. The highest BCUT2D eigenvalue weighted by atomic mass is 32.2. The SMILES string of the molecule is C=CC(=O)N1CCN(c2nc(=O)n(-c3c(C4CCC4)ccnc3S(C)(=O)=O)c3nc(-c4c(N)cnn4C)c(F)cc23)[C@@H](C)C1. The molecule has 4 aromatic rings. The maximum Gasteiger partial charge on any atom is 0.355 e. The first-order chi connectivity index (χ1) is 20.9. The number of nitrogen functional groups attached to an aromatic ring is 1. The molecule has 1 amide bonds. The standard InChI is InChI=1S/C29H32FN9O4S/c1-5-22(40)37-11-12-38(16(2)15-37)26-19-13-20(30)23(25-21(31)14-33-36(25)3)34-27(19)39(29(41)35-26)24-18(17-7-6-8-17)9-10-32-28(24)44(4,42)43/h5,9-10,13-14,16-17H,1,6-8,11-12,15,31H2,2-4H3/t16-/m0/s1. The Morgan fingerprint density at radius 3 is 2.57 bits per heavy atom. The monoisotopic (exact) mass is 621 g/mol. The zero-order valence-corrected chi connectivity index (χ0v) is 25.4. The molecule has 230 valence electrons. The summed E-state index contributed by atoms with van der Waals surface area (Å²) in [5.74, 6) is -0.782. The van der Waals surface area contributed by atoms with Gasteiger partial charge in [-0.1, -0.05) is 13.0 Å². The number of anilines is 2. The highest BCUT2D eigenvalue weighted by Gasteiger charge is 2.33. The summed E-state index contributed by atoms with van der Waals surface area (Å²) in [6.45, 7) is 6.38. The Labute approximate surface area is 252 Å². The number of pyridine rings is 2. The van der Waals surface area contributed by atoms with Gasteiger partial charge in [-0.15, -0.1) is 0 Å². The lowest BCUT2D eigenvalue weighted by molar-refractivity contribution is -0.126. The smallest absolute Gasteiger partial charge is 0.355 e. The van der Waals surface area contributed by atoms with Crippen LogP contribution in [-0.2, 0) is 21.7 Å². The Hall–Kier alpha value is -4.66. The predicted molar refractivity (Wildman–Crippen MR) is 163 cm³/mol. The molecule has 1 saturated carbocycles. The van der Waals surface area contributed by atoms with Crippen LogP contribution in [0.15, 0.2) is 47.0 Å². The Kier molecular flexibility index (Phi) is 7.22. The Balaban J connectivity index is 1.68. The first kappa shape index (κ1) is 29.4. The highest BCUT2D eigenvalue weighted by Crippen LogP contribution is 2.41. The van der Waals surface area contributed by atoms with Crippen molar-refractivity contribution in [2.45, 2.75) is 43.2 Å². The number of hydrogen-bond acceptors (Lipinski definition) is 10. The van der Waals surface area contributed by atoms with Crippen LogP contribution in [0.5, 0.6) is 0 Å². The fourth-order valence-electron chi connectivity index (χ4n) is 6.03. The van der Waals surface area contributed by atoms with Crippen LogP contribution in [0.2, 0.25) is 0 Å². The zero-order valence-electron chi connectivity index (χ0n) is 24.6. The fourth-order valence-corrected chi connectivity index (χ4v) is 6.84. The molecule has 2 aliphatic rings. The van der Waals surface area contributed by atoms with Gasteiger partial charge < -0.3 is 15.5 Å². The molecule has 0 radical (unpaired) electrons. The average Bonchev–Trinajstić information content (AvgIpc) is 3.28. The second-order valence-electron chi connectivity index (χ2n) is 11.3. The number of carbonyl (C=O) groups excluding carboxylic acids is 1. The lowest BCUT2D eigenvalue weighted by Gasteiger charge is -2.40. The summed E-state index contributed by atoms with van der Waals surface area (Å²) in [7, 11) is -2.34. The molecule has 1 aliphatic carbocycles. The van der Waals surface area contributed by atoms with Crippen molar-refractivity contribution in [3.8, 4) is 17.1 Å². The minimum atomic E-state index is -3.93. The van der Waals surface area contributed by atoms with Crippen LogP contribution in [-0.4, -0.2) is 80.5 Å². The van der Waals surface area contributed by atoms with Gasteiger partial charge in [-0.2, -0.15) is 10.1 Å². The van der Waals surface area contributed by atoms with E-state index < -0.39 is 21.3 Å². The van der Waals surface area contributed by atoms with E-state index in [1.165, 1.54) is 29.2 Å². The molecule has 15 heteroatoms. The number of amides is 1. The lowest BCUT2D eigenvalue weighted by Crippen LogP contribution is -2.54. The van der Waals surface area contributed by atoms with Crippen molar-refractivity contribution < 1.29 is 17.6 Å². The van der Waals surface area contributed by atoms with Crippen LogP contribution >= 0.6 is 0 Å². The Bertz CT molecular complexity index is 1980. The van der Waals surface area contributed by atoms with E-state index in [2.05, 4.69) is 26.6 Å². The third kappa shape index (κ3) is 4.80. The lowest BCUT2D eigenvalue weighted by atomic mass is 9.79. The van der Waals surface area contributed by atoms with E-state index in [0.717, 1.165) is 30.1 Å². The highest BCUT2D eigenvalue weighted by molar-refractivity contribution is 7.90. The number of hydrogen-bond donors (Lipinski definition) is 1. The number of rotatable bonds is 6. The van der Waals surface area contributed by atoms with Gasteiger partial charge in [0.15, 0.2) is 26.3 Å². The first-order valence-electron chi connectivity index (χ1n) is 14.2. The maximum atomic E-state index is 16.0. The minimum Gasteiger partial charge on any atom is -0.396 e. The van der Waals surface area contributed by atoms with E-state index in [9.17, 15) is 18.0 Å². The zero-order chi connectivity index (χ0) is 31.5. The van der Waals surface area contributed by atoms with Gasteiger partial charge in [-0.05, 0) is 49.5 Å². The van der Waals surface area contributed by atoms with Crippen LogP contribution < -0.4 is 16.3 Å². The third-order valence-corrected chi connectivity index (χ3v) is 9.42. The van der Waals surface area contributed by atoms with Crippen LogP contribution in [0.4, 0.5) is 15.9 Å². The van der Waals surface area contributed by atoms with Gasteiger partial charge in [0.2, 0.25) is 5.91 Å². The van der Waals surface area contributed by atoms with Crippen molar-refractivity contribution in [2.24, 2.45) is 7.05 Å². The molecular weight excluding hydrogens is 589 g/mol. The summed E-state index contributed by atoms with van der Waals surface area (Å²) in [5.41, 5.74) is 6.23. The van der Waals surface area contributed by atoms with E-state index in [1.54, 1.807) is 18.0 Å². The average molecular weight is 622 g/mol. The number of fused-ring (bicyclic) bond motifs is 1. The maximum absolute atomic E-state index is 16.0. The van der Waals surface area contributed by atoms with Gasteiger partial charge in [0, 0.05) is 45.2 Å². The number of nitrogens with zero attached hydrogens (tertiary/aromatic N) is 8. The van der Waals surface area contributed by atoms with Crippen molar-refractivity contribution in [1.29, 1.82) is 0 Å². The number of aryl methyl sites for hydroxylation is 1. The Morgan fingerprint density at radius 1 is 1.23 bits per heavy atom. The van der Waals surface area contributed by atoms with Crippen LogP contribution in [0, 0.1) is 5.82 Å². The van der Waals surface area contributed by atoms with Gasteiger partial charge in [0.05, 0.1) is 23.0 Å². The Morgan fingerprint density at radius 2 is 1.98 bits per heavy atom. The summed E-state index contributed by atoms with van der Waals surface area (Å²) in [6.07, 6.45) is 7.64. The van der Waals surface area contributed by atoms with Crippen molar-refractivity contribution >= 4 is 38.3 Å². The molecule has 0 bridgehead atoms. The second kappa shape index (κ2) is 10.8. The number of carbonyl (C=O) groups is 1. The number of sulfone groups is 1. The largest absolute Gasteiger partial charge is 0.396 e. The molecule has 13 nitrogen and oxygen atoms in total. The summed E-state index contributed by atoms with van der Waals surface area (Å²) in [5, 5.41) is 4.00. The van der Waals surface area contributed by atoms with Gasteiger partial charge in [-0.3, -0.25) is 9.48 Å². The van der Waals surface area contributed by atoms with Crippen molar-refractivity contribution in [2.75, 3.05) is 36.5 Å². The fraction of sp³-hybridized carbons (Fsp3) is 0.379. The van der Waals surface area contributed by atoms with E-state index >= 15 is 4.39 Å². The molecule has 0 spiro atoms. The van der Waals surface area contributed by atoms with Gasteiger partial charge in [0.25, 0.3) is 0 Å². The summed E-state index contributed by atoms with van der Waals surface area (Å²) >= 11 is 0. The minimum absolute atomic E-state index is 0.00161. The summed E-state index contributed by atoms with van der Waals surface area (Å²) in [4.78, 5) is 43.2. The molecule has 4 aromatic heterocycles. The molecule has 0 unspecified atom stereocenters. The number of aromatic nitrogens is 6. The molecule has 1 saturated heterocycles. The molecule has 2 fully saturated rings. The molecular formula is C29H32FN9O4S. The molecule has 6 rings (SSSR count). The van der Waals surface area contributed by atoms with Gasteiger partial charge in [0.1, 0.15) is 17.2 Å². The normalized spacial score (nSPS) is 17.6. The number of piperazine rings is 1. The first-order valence-corrected chi connectivity index (χ1v) is 16.1. The number of nitrogens with two attached hydrogens (primary N) is 1. The topological polar surface area (TPSA) is 162 Å². The quantitative estimate of drug-likeness (QED) is 0.316. The van der Waals surface area contributed by atoms with Gasteiger partial charge in [-0.25, -0.2) is 32.1 Å². The van der Waals surface area contributed by atoms with Crippen molar-refractivity contribution in [1.82, 2.24) is 34.2 Å². The van der Waals surface area contributed by atoms with E-state index in [1.807, 2.05) is 11.8 Å². The molecule has 2 N–H and O–H groups in total. The van der Waals surface area contributed by atoms with E-state index in [-0.39, 0.29) is 62.5 Å².